The molecule has 0 N–H and O–H groups in total. The van der Waals surface area contributed by atoms with Gasteiger partial charge in [0.2, 0.25) is 5.78 Å². The van der Waals surface area contributed by atoms with E-state index in [-0.39, 0.29) is 25.1 Å². The molecule has 29 heavy (non-hydrogen) atoms. The van der Waals surface area contributed by atoms with E-state index in [9.17, 15) is 9.59 Å². The molecule has 3 rings (SSSR count). The first-order valence-electron chi connectivity index (χ1n) is 9.72. The zero-order valence-electron chi connectivity index (χ0n) is 17.1. The predicted octanol–water partition coefficient (Wildman–Crippen LogP) is 3.10. The number of hydrogen-bond acceptors (Lipinski definition) is 6. The van der Waals surface area contributed by atoms with E-state index in [0.29, 0.717) is 17.1 Å². The standard InChI is InChI=1S/C22H27NO6/c1-15-11-18(16(2)23(15)12-17-7-6-10-27-17)19(24)13-29-22(25)14-28-21-9-5-4-8-20(21)26-3/h4-5,8-9,11,17H,6-7,10,12-14H2,1-3H3. The Balaban J connectivity index is 1.53. The van der Waals surface area contributed by atoms with Crippen LogP contribution in [0.5, 0.6) is 11.5 Å². The second kappa shape index (κ2) is 9.60. The number of benzene rings is 1. The van der Waals surface area contributed by atoms with Gasteiger partial charge in [0.25, 0.3) is 0 Å². The largest absolute Gasteiger partial charge is 0.493 e. The lowest BCUT2D eigenvalue weighted by Crippen LogP contribution is -2.20. The van der Waals surface area contributed by atoms with Gasteiger partial charge in [-0.2, -0.15) is 0 Å². The van der Waals surface area contributed by atoms with Crippen LogP contribution >= 0.6 is 0 Å². The summed E-state index contributed by atoms with van der Waals surface area (Å²) < 4.78 is 23.5. The maximum Gasteiger partial charge on any atom is 0.344 e. The number of ether oxygens (including phenoxy) is 4. The molecule has 0 spiro atoms. The van der Waals surface area contributed by atoms with Gasteiger partial charge in [0.1, 0.15) is 0 Å². The van der Waals surface area contributed by atoms with Crippen LogP contribution in [0.4, 0.5) is 0 Å². The van der Waals surface area contributed by atoms with Crippen molar-refractivity contribution < 1.29 is 28.5 Å². The Morgan fingerprint density at radius 1 is 1.17 bits per heavy atom. The molecule has 1 atom stereocenters. The minimum Gasteiger partial charge on any atom is -0.493 e. The van der Waals surface area contributed by atoms with Crippen molar-refractivity contribution in [3.8, 4) is 11.5 Å². The van der Waals surface area contributed by atoms with Crippen molar-refractivity contribution >= 4 is 11.8 Å². The van der Waals surface area contributed by atoms with Crippen LogP contribution in [0.15, 0.2) is 30.3 Å². The van der Waals surface area contributed by atoms with Crippen molar-refractivity contribution in [3.63, 3.8) is 0 Å². The Labute approximate surface area is 170 Å². The Bertz CT molecular complexity index is 866. The number of hydrogen-bond donors (Lipinski definition) is 0. The fourth-order valence-corrected chi connectivity index (χ4v) is 3.50. The number of carbonyl (C=O) groups is 2. The summed E-state index contributed by atoms with van der Waals surface area (Å²) in [5, 5.41) is 0. The first-order chi connectivity index (χ1) is 14.0. The molecule has 7 heteroatoms. The molecule has 1 fully saturated rings. The topological polar surface area (TPSA) is 76.0 Å². The molecule has 0 aliphatic carbocycles. The lowest BCUT2D eigenvalue weighted by Gasteiger charge is -2.14. The number of para-hydroxylation sites is 2. The van der Waals surface area contributed by atoms with Crippen LogP contribution in [0.25, 0.3) is 0 Å². The fourth-order valence-electron chi connectivity index (χ4n) is 3.50. The molecule has 1 aliphatic heterocycles. The Kier molecular flexibility index (Phi) is 6.93. The van der Waals surface area contributed by atoms with Gasteiger partial charge < -0.3 is 23.5 Å². The van der Waals surface area contributed by atoms with Crippen LogP contribution in [0, 0.1) is 13.8 Å². The second-order valence-electron chi connectivity index (χ2n) is 7.05. The van der Waals surface area contributed by atoms with E-state index in [0.717, 1.165) is 37.4 Å². The van der Waals surface area contributed by atoms with E-state index >= 15 is 0 Å². The summed E-state index contributed by atoms with van der Waals surface area (Å²) in [6.45, 7) is 4.78. The summed E-state index contributed by atoms with van der Waals surface area (Å²) >= 11 is 0. The molecular formula is C22H27NO6. The van der Waals surface area contributed by atoms with Crippen LogP contribution in [-0.4, -0.2) is 49.4 Å². The number of nitrogens with zero attached hydrogens (tertiary/aromatic N) is 1. The van der Waals surface area contributed by atoms with Gasteiger partial charge in [-0.1, -0.05) is 12.1 Å². The molecule has 1 aliphatic rings. The van der Waals surface area contributed by atoms with E-state index in [1.54, 1.807) is 24.3 Å². The molecule has 2 aromatic rings. The molecule has 1 aromatic carbocycles. The normalized spacial score (nSPS) is 15.9. The third kappa shape index (κ3) is 5.17. The minimum atomic E-state index is -0.614. The minimum absolute atomic E-state index is 0.188. The van der Waals surface area contributed by atoms with Gasteiger partial charge in [-0.3, -0.25) is 4.79 Å². The fraction of sp³-hybridized carbons (Fsp3) is 0.455. The zero-order chi connectivity index (χ0) is 20.8. The summed E-state index contributed by atoms with van der Waals surface area (Å²) in [4.78, 5) is 24.5. The van der Waals surface area contributed by atoms with E-state index < -0.39 is 5.97 Å². The lowest BCUT2D eigenvalue weighted by atomic mass is 10.1. The van der Waals surface area contributed by atoms with Gasteiger partial charge >= 0.3 is 5.97 Å². The molecule has 0 bridgehead atoms. The number of methoxy groups -OCH3 is 1. The molecule has 0 amide bonds. The van der Waals surface area contributed by atoms with Gasteiger partial charge in [-0.05, 0) is 44.9 Å². The summed E-state index contributed by atoms with van der Waals surface area (Å²) in [6, 6.07) is 8.85. The lowest BCUT2D eigenvalue weighted by molar-refractivity contribution is -0.144. The molecular weight excluding hydrogens is 374 g/mol. The van der Waals surface area contributed by atoms with Gasteiger partial charge in [-0.25, -0.2) is 4.79 Å². The van der Waals surface area contributed by atoms with Gasteiger partial charge in [-0.15, -0.1) is 0 Å². The monoisotopic (exact) mass is 401 g/mol. The first-order valence-corrected chi connectivity index (χ1v) is 9.72. The number of aromatic nitrogens is 1. The number of aryl methyl sites for hydroxylation is 1. The highest BCUT2D eigenvalue weighted by molar-refractivity contribution is 5.99. The second-order valence-corrected chi connectivity index (χ2v) is 7.05. The summed E-state index contributed by atoms with van der Waals surface area (Å²) in [5.74, 6) is 0.116. The van der Waals surface area contributed by atoms with Crippen LogP contribution in [-0.2, 0) is 20.8 Å². The highest BCUT2D eigenvalue weighted by Gasteiger charge is 2.21. The van der Waals surface area contributed by atoms with Gasteiger partial charge in [0.15, 0.2) is 24.7 Å². The van der Waals surface area contributed by atoms with Crippen LogP contribution in [0.2, 0.25) is 0 Å². The van der Waals surface area contributed by atoms with E-state index in [4.69, 9.17) is 18.9 Å². The third-order valence-electron chi connectivity index (χ3n) is 5.06. The molecule has 1 unspecified atom stereocenters. The summed E-state index contributed by atoms with van der Waals surface area (Å²) in [6.07, 6.45) is 2.29. The summed E-state index contributed by atoms with van der Waals surface area (Å²) in [5.41, 5.74) is 2.43. The van der Waals surface area contributed by atoms with Crippen molar-refractivity contribution in [2.75, 3.05) is 26.9 Å². The number of carbonyl (C=O) groups excluding carboxylic acids is 2. The average Bonchev–Trinajstić information content (AvgIpc) is 3.34. The first kappa shape index (κ1) is 20.9. The maximum atomic E-state index is 12.6. The molecule has 1 aromatic heterocycles. The molecule has 156 valence electrons. The molecule has 7 nitrogen and oxygen atoms in total. The van der Waals surface area contributed by atoms with Crippen molar-refractivity contribution in [2.45, 2.75) is 39.3 Å². The number of rotatable bonds is 9. The number of ketones is 1. The van der Waals surface area contributed by atoms with Crippen LogP contribution in [0.3, 0.4) is 0 Å². The summed E-state index contributed by atoms with van der Waals surface area (Å²) in [7, 11) is 1.52. The maximum absolute atomic E-state index is 12.6. The molecule has 1 saturated heterocycles. The highest BCUT2D eigenvalue weighted by atomic mass is 16.6. The Morgan fingerprint density at radius 3 is 2.62 bits per heavy atom. The van der Waals surface area contributed by atoms with Crippen molar-refractivity contribution in [1.82, 2.24) is 4.57 Å². The molecule has 0 radical (unpaired) electrons. The van der Waals surface area contributed by atoms with E-state index in [1.165, 1.54) is 7.11 Å². The third-order valence-corrected chi connectivity index (χ3v) is 5.06. The van der Waals surface area contributed by atoms with Gasteiger partial charge in [0.05, 0.1) is 13.2 Å². The molecule has 2 heterocycles. The van der Waals surface area contributed by atoms with Crippen molar-refractivity contribution in [2.24, 2.45) is 0 Å². The highest BCUT2D eigenvalue weighted by Crippen LogP contribution is 2.25. The average molecular weight is 401 g/mol. The van der Waals surface area contributed by atoms with E-state index in [1.807, 2.05) is 19.9 Å². The quantitative estimate of drug-likeness (QED) is 0.475. The number of Topliss-reactive ketones (excluding diaryl/α,β-unsaturated/α-hetero) is 1. The smallest absolute Gasteiger partial charge is 0.344 e. The van der Waals surface area contributed by atoms with Crippen molar-refractivity contribution in [1.29, 1.82) is 0 Å². The van der Waals surface area contributed by atoms with Gasteiger partial charge in [0, 0.05) is 30.1 Å². The van der Waals surface area contributed by atoms with Crippen LogP contribution in [0.1, 0.15) is 34.6 Å². The Morgan fingerprint density at radius 2 is 1.93 bits per heavy atom. The van der Waals surface area contributed by atoms with E-state index in [2.05, 4.69) is 4.57 Å². The molecule has 0 saturated carbocycles. The SMILES string of the molecule is COc1ccccc1OCC(=O)OCC(=O)c1cc(C)n(CC2CCCO2)c1C. The van der Waals surface area contributed by atoms with Crippen LogP contribution < -0.4 is 9.47 Å². The zero-order valence-corrected chi connectivity index (χ0v) is 17.1. The predicted molar refractivity (Wildman–Crippen MR) is 107 cm³/mol. The van der Waals surface area contributed by atoms with Crippen molar-refractivity contribution in [3.05, 3.63) is 47.3 Å². The number of esters is 1. The Hall–Kier alpha value is -2.80.